The standard InChI is InChI=1S/C31H27ClN4O4/c1-21(2)34(29(37)17-14-22-12-15-25(16-13-22)36(39)40)20-30(38)35-27-10-4-3-9-26(27)33-18-6-11-28(33)31(35)23-7-5-8-24(32)19-23/h3-19,21,31H,20H2,1-2H3/b17-14+/t31-/m1/s1. The van der Waals surface area contributed by atoms with Gasteiger partial charge >= 0.3 is 0 Å². The molecular weight excluding hydrogens is 528 g/mol. The van der Waals surface area contributed by atoms with Crippen LogP contribution in [0.15, 0.2) is 97.2 Å². The highest BCUT2D eigenvalue weighted by atomic mass is 35.5. The summed E-state index contributed by atoms with van der Waals surface area (Å²) in [7, 11) is 0. The Balaban J connectivity index is 1.47. The summed E-state index contributed by atoms with van der Waals surface area (Å²) in [5.74, 6) is -0.578. The molecule has 0 saturated carbocycles. The van der Waals surface area contributed by atoms with Gasteiger partial charge in [-0.3, -0.25) is 24.6 Å². The molecule has 9 heteroatoms. The van der Waals surface area contributed by atoms with E-state index in [2.05, 4.69) is 4.57 Å². The Morgan fingerprint density at radius 1 is 1.00 bits per heavy atom. The molecule has 1 aromatic heterocycles. The van der Waals surface area contributed by atoms with Gasteiger partial charge in [-0.05, 0) is 79.6 Å². The predicted molar refractivity (Wildman–Crippen MR) is 156 cm³/mol. The van der Waals surface area contributed by atoms with Crippen LogP contribution in [0.3, 0.4) is 0 Å². The van der Waals surface area contributed by atoms with Gasteiger partial charge in [0, 0.05) is 35.5 Å². The van der Waals surface area contributed by atoms with Gasteiger partial charge in [-0.1, -0.05) is 35.9 Å². The van der Waals surface area contributed by atoms with Crippen LogP contribution in [0.5, 0.6) is 0 Å². The molecule has 0 fully saturated rings. The molecule has 8 nitrogen and oxygen atoms in total. The van der Waals surface area contributed by atoms with Crippen molar-refractivity contribution in [2.24, 2.45) is 0 Å². The number of rotatable bonds is 7. The normalized spacial score (nSPS) is 14.2. The Morgan fingerprint density at radius 2 is 1.73 bits per heavy atom. The maximum Gasteiger partial charge on any atom is 0.269 e. The summed E-state index contributed by atoms with van der Waals surface area (Å²) in [6, 6.07) is 24.3. The lowest BCUT2D eigenvalue weighted by Crippen LogP contribution is -2.48. The number of amides is 2. The van der Waals surface area contributed by atoms with E-state index < -0.39 is 11.0 Å². The quantitative estimate of drug-likeness (QED) is 0.150. The van der Waals surface area contributed by atoms with Crippen LogP contribution >= 0.6 is 11.6 Å². The number of aromatic nitrogens is 1. The molecule has 4 aromatic rings. The lowest BCUT2D eigenvalue weighted by Gasteiger charge is -2.40. The molecule has 0 radical (unpaired) electrons. The van der Waals surface area contributed by atoms with E-state index in [9.17, 15) is 19.7 Å². The molecule has 2 heterocycles. The van der Waals surface area contributed by atoms with Crippen molar-refractivity contribution in [1.82, 2.24) is 9.47 Å². The van der Waals surface area contributed by atoms with E-state index in [1.807, 2.05) is 74.6 Å². The first kappa shape index (κ1) is 26.9. The molecular formula is C31H27ClN4O4. The van der Waals surface area contributed by atoms with E-state index in [0.717, 1.165) is 22.6 Å². The SMILES string of the molecule is CC(C)N(CC(=O)N1c2ccccc2-n2cccc2[C@H]1c1cccc(Cl)c1)C(=O)/C=C/c1ccc([N+](=O)[O-])cc1. The summed E-state index contributed by atoms with van der Waals surface area (Å²) < 4.78 is 2.07. The first-order chi connectivity index (χ1) is 19.2. The molecule has 1 aliphatic heterocycles. The zero-order valence-electron chi connectivity index (χ0n) is 22.0. The minimum atomic E-state index is -0.475. The first-order valence-corrected chi connectivity index (χ1v) is 13.2. The first-order valence-electron chi connectivity index (χ1n) is 12.8. The van der Waals surface area contributed by atoms with Gasteiger partial charge in [-0.25, -0.2) is 0 Å². The minimum absolute atomic E-state index is 0.0277. The summed E-state index contributed by atoms with van der Waals surface area (Å²) in [6.45, 7) is 3.57. The van der Waals surface area contributed by atoms with Crippen molar-refractivity contribution in [3.05, 3.63) is 129 Å². The van der Waals surface area contributed by atoms with Gasteiger partial charge in [-0.2, -0.15) is 0 Å². The zero-order valence-corrected chi connectivity index (χ0v) is 22.7. The Morgan fingerprint density at radius 3 is 2.40 bits per heavy atom. The number of carbonyl (C=O) groups excluding carboxylic acids is 2. The summed E-state index contributed by atoms with van der Waals surface area (Å²) in [4.78, 5) is 41.1. The van der Waals surface area contributed by atoms with E-state index in [1.54, 1.807) is 29.2 Å². The summed E-state index contributed by atoms with van der Waals surface area (Å²) in [5.41, 5.74) is 3.99. The van der Waals surface area contributed by atoms with Crippen LogP contribution in [-0.4, -0.2) is 38.8 Å². The van der Waals surface area contributed by atoms with Gasteiger partial charge in [0.25, 0.3) is 5.69 Å². The lowest BCUT2D eigenvalue weighted by molar-refractivity contribution is -0.384. The molecule has 1 atom stereocenters. The second-order valence-corrected chi connectivity index (χ2v) is 10.2. The van der Waals surface area contributed by atoms with Crippen molar-refractivity contribution < 1.29 is 14.5 Å². The van der Waals surface area contributed by atoms with Crippen molar-refractivity contribution in [1.29, 1.82) is 0 Å². The van der Waals surface area contributed by atoms with Crippen molar-refractivity contribution in [3.8, 4) is 5.69 Å². The number of hydrogen-bond acceptors (Lipinski definition) is 4. The predicted octanol–water partition coefficient (Wildman–Crippen LogP) is 6.43. The number of hydrogen-bond donors (Lipinski definition) is 0. The molecule has 0 unspecified atom stereocenters. The molecule has 0 aliphatic carbocycles. The number of fused-ring (bicyclic) bond motifs is 3. The van der Waals surface area contributed by atoms with Gasteiger partial charge in [0.1, 0.15) is 12.6 Å². The monoisotopic (exact) mass is 554 g/mol. The Bertz CT molecular complexity index is 1610. The molecule has 0 N–H and O–H groups in total. The average molecular weight is 555 g/mol. The van der Waals surface area contributed by atoms with Crippen LogP contribution < -0.4 is 4.90 Å². The van der Waals surface area contributed by atoms with Crippen molar-refractivity contribution in [2.75, 3.05) is 11.4 Å². The number of nitro groups is 1. The van der Waals surface area contributed by atoms with Crippen LogP contribution in [0.2, 0.25) is 5.02 Å². The van der Waals surface area contributed by atoms with Gasteiger partial charge < -0.3 is 9.47 Å². The molecule has 0 spiro atoms. The highest BCUT2D eigenvalue weighted by Crippen LogP contribution is 2.42. The molecule has 0 saturated heterocycles. The zero-order chi connectivity index (χ0) is 28.4. The third-order valence-corrected chi connectivity index (χ3v) is 7.12. The lowest BCUT2D eigenvalue weighted by atomic mass is 9.97. The number of anilines is 1. The Hall–Kier alpha value is -4.69. The van der Waals surface area contributed by atoms with Crippen LogP contribution in [0.4, 0.5) is 11.4 Å². The molecule has 2 amide bonds. The van der Waals surface area contributed by atoms with Gasteiger partial charge in [0.15, 0.2) is 0 Å². The number of nitrogens with zero attached hydrogens (tertiary/aromatic N) is 4. The smallest absolute Gasteiger partial charge is 0.269 e. The largest absolute Gasteiger partial charge is 0.327 e. The summed E-state index contributed by atoms with van der Waals surface area (Å²) in [5, 5.41) is 11.5. The molecule has 0 bridgehead atoms. The number of halogens is 1. The van der Waals surface area contributed by atoms with E-state index in [4.69, 9.17) is 11.6 Å². The van der Waals surface area contributed by atoms with Crippen LogP contribution in [0, 0.1) is 10.1 Å². The molecule has 5 rings (SSSR count). The van der Waals surface area contributed by atoms with Gasteiger partial charge in [-0.15, -0.1) is 0 Å². The molecule has 202 valence electrons. The van der Waals surface area contributed by atoms with E-state index >= 15 is 0 Å². The highest BCUT2D eigenvalue weighted by molar-refractivity contribution is 6.30. The summed E-state index contributed by atoms with van der Waals surface area (Å²) in [6.07, 6.45) is 4.95. The Labute approximate surface area is 236 Å². The van der Waals surface area contributed by atoms with E-state index in [0.29, 0.717) is 10.6 Å². The summed E-state index contributed by atoms with van der Waals surface area (Å²) >= 11 is 6.37. The number of non-ortho nitro benzene ring substituents is 1. The second-order valence-electron chi connectivity index (χ2n) is 9.75. The number of carbonyl (C=O) groups is 2. The molecule has 40 heavy (non-hydrogen) atoms. The van der Waals surface area contributed by atoms with Crippen molar-refractivity contribution >= 4 is 40.9 Å². The molecule has 3 aromatic carbocycles. The Kier molecular flexibility index (Phi) is 7.53. The average Bonchev–Trinajstić information content (AvgIpc) is 3.44. The van der Waals surface area contributed by atoms with Gasteiger partial charge in [0.05, 0.1) is 22.0 Å². The van der Waals surface area contributed by atoms with E-state index in [-0.39, 0.29) is 30.1 Å². The van der Waals surface area contributed by atoms with Crippen molar-refractivity contribution in [2.45, 2.75) is 25.9 Å². The van der Waals surface area contributed by atoms with Crippen LogP contribution in [-0.2, 0) is 9.59 Å². The fourth-order valence-electron chi connectivity index (χ4n) is 4.96. The number of para-hydroxylation sites is 2. The minimum Gasteiger partial charge on any atom is -0.327 e. The third kappa shape index (κ3) is 5.26. The van der Waals surface area contributed by atoms with Crippen molar-refractivity contribution in [3.63, 3.8) is 0 Å². The highest BCUT2D eigenvalue weighted by Gasteiger charge is 2.37. The second kappa shape index (κ2) is 11.2. The van der Waals surface area contributed by atoms with E-state index in [1.165, 1.54) is 23.1 Å². The topological polar surface area (TPSA) is 88.7 Å². The maximum atomic E-state index is 14.2. The third-order valence-electron chi connectivity index (χ3n) is 6.89. The van der Waals surface area contributed by atoms with Gasteiger partial charge in [0.2, 0.25) is 11.8 Å². The fraction of sp³-hybridized carbons (Fsp3) is 0.161. The van der Waals surface area contributed by atoms with Crippen LogP contribution in [0.25, 0.3) is 11.8 Å². The maximum absolute atomic E-state index is 14.2. The number of nitro benzene ring substituents is 1. The molecule has 1 aliphatic rings. The number of benzene rings is 3. The van der Waals surface area contributed by atoms with Crippen LogP contribution in [0.1, 0.15) is 36.7 Å². The fourth-order valence-corrected chi connectivity index (χ4v) is 5.16.